The molecule has 0 N–H and O–H groups in total. The van der Waals surface area contributed by atoms with Gasteiger partial charge < -0.3 is 18.8 Å². The van der Waals surface area contributed by atoms with Crippen molar-refractivity contribution in [3.8, 4) is 5.75 Å². The van der Waals surface area contributed by atoms with Crippen molar-refractivity contribution < 1.29 is 18.7 Å². The molecule has 5 nitrogen and oxygen atoms in total. The first kappa shape index (κ1) is 16.7. The molecule has 0 spiro atoms. The predicted octanol–water partition coefficient (Wildman–Crippen LogP) is 3.65. The molecule has 2 aromatic carbocycles. The zero-order valence-corrected chi connectivity index (χ0v) is 14.9. The van der Waals surface area contributed by atoms with Gasteiger partial charge in [0.2, 0.25) is 0 Å². The van der Waals surface area contributed by atoms with Gasteiger partial charge in [-0.3, -0.25) is 4.79 Å². The van der Waals surface area contributed by atoms with E-state index in [0.717, 1.165) is 11.8 Å². The van der Waals surface area contributed by atoms with E-state index < -0.39 is 0 Å². The monoisotopic (exact) mass is 351 g/mol. The highest BCUT2D eigenvalue weighted by atomic mass is 16.5. The van der Waals surface area contributed by atoms with Crippen molar-refractivity contribution in [3.05, 3.63) is 65.4 Å². The Morgan fingerprint density at radius 1 is 1.19 bits per heavy atom. The van der Waals surface area contributed by atoms with Gasteiger partial charge in [-0.15, -0.1) is 0 Å². The van der Waals surface area contributed by atoms with Crippen LogP contribution < -0.4 is 4.74 Å². The lowest BCUT2D eigenvalue weighted by Gasteiger charge is -2.28. The fourth-order valence-corrected chi connectivity index (χ4v) is 3.41. The average Bonchev–Trinajstić information content (AvgIpc) is 3.11. The number of carbonyl (C=O) groups excluding carboxylic acids is 1. The second-order valence-electron chi connectivity index (χ2n) is 6.58. The number of hydrogen-bond acceptors (Lipinski definition) is 4. The molecule has 0 fully saturated rings. The van der Waals surface area contributed by atoms with Crippen molar-refractivity contribution in [3.63, 3.8) is 0 Å². The summed E-state index contributed by atoms with van der Waals surface area (Å²) < 4.78 is 17.0. The fourth-order valence-electron chi connectivity index (χ4n) is 3.41. The number of para-hydroxylation sites is 1. The van der Waals surface area contributed by atoms with Gasteiger partial charge in [0, 0.05) is 25.4 Å². The Kier molecular flexibility index (Phi) is 4.39. The molecule has 26 heavy (non-hydrogen) atoms. The lowest BCUT2D eigenvalue weighted by molar-refractivity contribution is 0.00924. The van der Waals surface area contributed by atoms with Crippen molar-refractivity contribution in [2.75, 3.05) is 20.7 Å². The minimum absolute atomic E-state index is 0.0160. The molecular weight excluding hydrogens is 330 g/mol. The Hall–Kier alpha value is -2.79. The molecule has 1 atom stereocenters. The van der Waals surface area contributed by atoms with Crippen LogP contribution in [0.25, 0.3) is 11.0 Å². The molecule has 1 aliphatic rings. The summed E-state index contributed by atoms with van der Waals surface area (Å²) in [4.78, 5) is 14.4. The van der Waals surface area contributed by atoms with Gasteiger partial charge >= 0.3 is 0 Å². The van der Waals surface area contributed by atoms with Gasteiger partial charge in [-0.1, -0.05) is 36.4 Å². The largest absolute Gasteiger partial charge is 0.493 e. The molecule has 2 heterocycles. The third kappa shape index (κ3) is 3.06. The maximum absolute atomic E-state index is 12.8. The van der Waals surface area contributed by atoms with Gasteiger partial charge in [0.05, 0.1) is 19.8 Å². The van der Waals surface area contributed by atoms with Gasteiger partial charge in [-0.2, -0.15) is 0 Å². The summed E-state index contributed by atoms with van der Waals surface area (Å²) in [7, 11) is 3.36. The van der Waals surface area contributed by atoms with Crippen LogP contribution in [0.1, 0.15) is 21.7 Å². The maximum atomic E-state index is 12.8. The molecule has 1 unspecified atom stereocenters. The van der Waals surface area contributed by atoms with E-state index in [1.807, 2.05) is 30.3 Å². The van der Waals surface area contributed by atoms with E-state index in [0.29, 0.717) is 30.2 Å². The van der Waals surface area contributed by atoms with Gasteiger partial charge in [0.1, 0.15) is 0 Å². The summed E-state index contributed by atoms with van der Waals surface area (Å²) in [6.07, 6.45) is 0.791. The molecule has 0 saturated heterocycles. The van der Waals surface area contributed by atoms with Gasteiger partial charge in [0.15, 0.2) is 17.1 Å². The van der Waals surface area contributed by atoms with Crippen LogP contribution in [0.3, 0.4) is 0 Å². The summed E-state index contributed by atoms with van der Waals surface area (Å²) in [5, 5.41) is 0.851. The van der Waals surface area contributed by atoms with Crippen LogP contribution in [0.2, 0.25) is 0 Å². The Bertz CT molecular complexity index is 946. The maximum Gasteiger partial charge on any atom is 0.289 e. The predicted molar refractivity (Wildman–Crippen MR) is 98.4 cm³/mol. The minimum atomic E-state index is -0.161. The van der Waals surface area contributed by atoms with Crippen molar-refractivity contribution in [1.29, 1.82) is 0 Å². The molecule has 1 amide bonds. The molecule has 5 heteroatoms. The lowest BCUT2D eigenvalue weighted by Crippen LogP contribution is -2.38. The Balaban J connectivity index is 1.48. The van der Waals surface area contributed by atoms with Crippen molar-refractivity contribution in [2.24, 2.45) is 0 Å². The van der Waals surface area contributed by atoms with Crippen LogP contribution >= 0.6 is 0 Å². The Morgan fingerprint density at radius 2 is 2.00 bits per heavy atom. The van der Waals surface area contributed by atoms with E-state index in [1.165, 1.54) is 11.1 Å². The van der Waals surface area contributed by atoms with E-state index in [4.69, 9.17) is 13.9 Å². The molecule has 134 valence electrons. The molecule has 0 radical (unpaired) electrons. The standard InChI is InChI=1S/C21H21NO4/c1-22(12-17-10-14-6-3-4-7-16(14)13-25-17)21(23)19-11-15-8-5-9-18(24-2)20(15)26-19/h3-9,11,17H,10,12-13H2,1-2H3. The number of rotatable bonds is 4. The fraction of sp³-hybridized carbons (Fsp3) is 0.286. The van der Waals surface area contributed by atoms with Crippen molar-refractivity contribution in [1.82, 2.24) is 4.90 Å². The van der Waals surface area contributed by atoms with Crippen molar-refractivity contribution >= 4 is 16.9 Å². The second-order valence-corrected chi connectivity index (χ2v) is 6.58. The molecule has 1 aliphatic heterocycles. The molecular formula is C21H21NO4. The lowest BCUT2D eigenvalue weighted by atomic mass is 9.99. The number of hydrogen-bond donors (Lipinski definition) is 0. The van der Waals surface area contributed by atoms with Crippen LogP contribution in [0.4, 0.5) is 0 Å². The van der Waals surface area contributed by atoms with Crippen LogP contribution in [0.5, 0.6) is 5.75 Å². The second kappa shape index (κ2) is 6.84. The molecule has 0 bridgehead atoms. The van der Waals surface area contributed by atoms with Crippen LogP contribution in [0.15, 0.2) is 52.9 Å². The first-order valence-corrected chi connectivity index (χ1v) is 8.66. The number of methoxy groups -OCH3 is 1. The molecule has 3 aromatic rings. The summed E-state index contributed by atoms with van der Waals surface area (Å²) in [5.74, 6) is 0.769. The summed E-state index contributed by atoms with van der Waals surface area (Å²) in [5.41, 5.74) is 3.11. The number of likely N-dealkylation sites (N-methyl/N-ethyl adjacent to an activating group) is 1. The third-order valence-electron chi connectivity index (χ3n) is 4.80. The normalized spacial score (nSPS) is 16.3. The number of ether oxygens (including phenoxy) is 2. The number of nitrogens with zero attached hydrogens (tertiary/aromatic N) is 1. The minimum Gasteiger partial charge on any atom is -0.493 e. The smallest absolute Gasteiger partial charge is 0.289 e. The Labute approximate surface area is 152 Å². The highest BCUT2D eigenvalue weighted by Gasteiger charge is 2.24. The van der Waals surface area contributed by atoms with E-state index >= 15 is 0 Å². The highest BCUT2D eigenvalue weighted by molar-refractivity contribution is 5.97. The third-order valence-corrected chi connectivity index (χ3v) is 4.80. The highest BCUT2D eigenvalue weighted by Crippen LogP contribution is 2.29. The summed E-state index contributed by atoms with van der Waals surface area (Å²) in [6, 6.07) is 15.6. The van der Waals surface area contributed by atoms with E-state index in [-0.39, 0.29) is 12.0 Å². The first-order chi connectivity index (χ1) is 12.7. The van der Waals surface area contributed by atoms with Crippen LogP contribution in [-0.2, 0) is 17.8 Å². The zero-order chi connectivity index (χ0) is 18.1. The molecule has 0 saturated carbocycles. The zero-order valence-electron chi connectivity index (χ0n) is 14.9. The molecule has 1 aromatic heterocycles. The van der Waals surface area contributed by atoms with Gasteiger partial charge in [-0.05, 0) is 23.3 Å². The quantitative estimate of drug-likeness (QED) is 0.720. The number of fused-ring (bicyclic) bond motifs is 2. The van der Waals surface area contributed by atoms with Gasteiger partial charge in [0.25, 0.3) is 5.91 Å². The number of carbonyl (C=O) groups is 1. The topological polar surface area (TPSA) is 51.9 Å². The average molecular weight is 351 g/mol. The van der Waals surface area contributed by atoms with E-state index in [9.17, 15) is 4.79 Å². The number of furan rings is 1. The summed E-state index contributed by atoms with van der Waals surface area (Å²) >= 11 is 0. The SMILES string of the molecule is COc1cccc2cc(C(=O)N(C)CC3Cc4ccccc4CO3)oc12. The van der Waals surface area contributed by atoms with Gasteiger partial charge in [-0.25, -0.2) is 0 Å². The number of benzene rings is 2. The first-order valence-electron chi connectivity index (χ1n) is 8.66. The van der Waals surface area contributed by atoms with E-state index in [1.54, 1.807) is 25.1 Å². The van der Waals surface area contributed by atoms with Crippen LogP contribution in [0, 0.1) is 0 Å². The molecule has 0 aliphatic carbocycles. The van der Waals surface area contributed by atoms with Crippen LogP contribution in [-0.4, -0.2) is 37.6 Å². The summed E-state index contributed by atoms with van der Waals surface area (Å²) in [6.45, 7) is 1.10. The number of amides is 1. The van der Waals surface area contributed by atoms with E-state index in [2.05, 4.69) is 12.1 Å². The van der Waals surface area contributed by atoms with Crippen molar-refractivity contribution in [2.45, 2.75) is 19.1 Å². The Morgan fingerprint density at radius 3 is 2.81 bits per heavy atom. The molecule has 4 rings (SSSR count).